The number of amides is 1. The number of hydrogen-bond acceptors (Lipinski definition) is 2. The van der Waals surface area contributed by atoms with Crippen molar-refractivity contribution in [3.63, 3.8) is 0 Å². The summed E-state index contributed by atoms with van der Waals surface area (Å²) in [7, 11) is 0. The van der Waals surface area contributed by atoms with E-state index in [4.69, 9.17) is 0 Å². The molecule has 0 bridgehead atoms. The normalized spacial score (nSPS) is 12.6. The summed E-state index contributed by atoms with van der Waals surface area (Å²) in [5, 5.41) is 6.38. The minimum Gasteiger partial charge on any atom is -0.356 e. The molecule has 0 unspecified atom stereocenters. The van der Waals surface area contributed by atoms with Gasteiger partial charge < -0.3 is 10.6 Å². The highest BCUT2D eigenvalue weighted by Gasteiger charge is 2.20. The Balaban J connectivity index is 3.45. The number of hydrogen-bond donors (Lipinski definition) is 2. The summed E-state index contributed by atoms with van der Waals surface area (Å²) < 4.78 is 0. The standard InChI is InChI=1S/C13H28N2O/c1-12(2,3)11(16)14-9-7-8-10-15-13(4,5)6/h15H,7-10H2,1-6H3,(H,14,16). The Bertz CT molecular complexity index is 211. The Morgan fingerprint density at radius 3 is 1.88 bits per heavy atom. The van der Waals surface area contributed by atoms with Crippen LogP contribution in [0.3, 0.4) is 0 Å². The molecule has 0 saturated carbocycles. The van der Waals surface area contributed by atoms with E-state index in [0.717, 1.165) is 25.9 Å². The van der Waals surface area contributed by atoms with Crippen molar-refractivity contribution in [1.82, 2.24) is 10.6 Å². The molecule has 0 radical (unpaired) electrons. The molecular weight excluding hydrogens is 200 g/mol. The molecule has 0 aromatic heterocycles. The van der Waals surface area contributed by atoms with Crippen molar-refractivity contribution in [1.29, 1.82) is 0 Å². The Morgan fingerprint density at radius 2 is 1.44 bits per heavy atom. The van der Waals surface area contributed by atoms with Crippen LogP contribution in [-0.4, -0.2) is 24.5 Å². The Hall–Kier alpha value is -0.570. The monoisotopic (exact) mass is 228 g/mol. The fourth-order valence-corrected chi connectivity index (χ4v) is 1.18. The lowest BCUT2D eigenvalue weighted by Crippen LogP contribution is -2.37. The van der Waals surface area contributed by atoms with Crippen LogP contribution >= 0.6 is 0 Å². The summed E-state index contributed by atoms with van der Waals surface area (Å²) in [6.07, 6.45) is 2.13. The third kappa shape index (κ3) is 8.72. The number of rotatable bonds is 5. The van der Waals surface area contributed by atoms with Crippen molar-refractivity contribution >= 4 is 5.91 Å². The zero-order valence-electron chi connectivity index (χ0n) is 11.7. The summed E-state index contributed by atoms with van der Waals surface area (Å²) in [4.78, 5) is 11.5. The molecule has 1 amide bonds. The largest absolute Gasteiger partial charge is 0.356 e. The zero-order valence-corrected chi connectivity index (χ0v) is 11.7. The van der Waals surface area contributed by atoms with E-state index in [9.17, 15) is 4.79 Å². The van der Waals surface area contributed by atoms with Crippen LogP contribution in [0.2, 0.25) is 0 Å². The molecular formula is C13H28N2O. The first-order chi connectivity index (χ1) is 7.13. The molecule has 16 heavy (non-hydrogen) atoms. The van der Waals surface area contributed by atoms with Gasteiger partial charge in [0, 0.05) is 17.5 Å². The molecule has 0 saturated heterocycles. The quantitative estimate of drug-likeness (QED) is 0.709. The second-order valence-electron chi connectivity index (χ2n) is 6.39. The van der Waals surface area contributed by atoms with Crippen LogP contribution in [0.1, 0.15) is 54.4 Å². The topological polar surface area (TPSA) is 41.1 Å². The molecule has 96 valence electrons. The van der Waals surface area contributed by atoms with E-state index in [1.54, 1.807) is 0 Å². The lowest BCUT2D eigenvalue weighted by Gasteiger charge is -2.20. The Labute approximate surface area is 100 Å². The van der Waals surface area contributed by atoms with Crippen LogP contribution in [0.5, 0.6) is 0 Å². The fourth-order valence-electron chi connectivity index (χ4n) is 1.18. The molecule has 0 aromatic carbocycles. The van der Waals surface area contributed by atoms with Gasteiger partial charge in [-0.15, -0.1) is 0 Å². The van der Waals surface area contributed by atoms with Gasteiger partial charge in [0.1, 0.15) is 0 Å². The van der Waals surface area contributed by atoms with Crippen LogP contribution in [0.25, 0.3) is 0 Å². The van der Waals surface area contributed by atoms with Gasteiger partial charge in [0.05, 0.1) is 0 Å². The molecule has 0 spiro atoms. The second kappa shape index (κ2) is 6.24. The van der Waals surface area contributed by atoms with Crippen LogP contribution in [0.4, 0.5) is 0 Å². The predicted octanol–water partition coefficient (Wildman–Crippen LogP) is 2.32. The van der Waals surface area contributed by atoms with Crippen molar-refractivity contribution in [2.75, 3.05) is 13.1 Å². The highest BCUT2D eigenvalue weighted by atomic mass is 16.2. The van der Waals surface area contributed by atoms with Crippen molar-refractivity contribution in [3.8, 4) is 0 Å². The van der Waals surface area contributed by atoms with Gasteiger partial charge in [0.2, 0.25) is 5.91 Å². The maximum absolute atomic E-state index is 11.5. The van der Waals surface area contributed by atoms with E-state index in [2.05, 4.69) is 31.4 Å². The molecule has 0 heterocycles. The lowest BCUT2D eigenvalue weighted by atomic mass is 9.96. The molecule has 0 rings (SSSR count). The molecule has 0 aromatic rings. The van der Waals surface area contributed by atoms with E-state index in [1.165, 1.54) is 0 Å². The van der Waals surface area contributed by atoms with E-state index in [1.807, 2.05) is 20.8 Å². The van der Waals surface area contributed by atoms with Crippen LogP contribution in [-0.2, 0) is 4.79 Å². The van der Waals surface area contributed by atoms with E-state index in [-0.39, 0.29) is 16.9 Å². The first kappa shape index (κ1) is 15.4. The highest BCUT2D eigenvalue weighted by Crippen LogP contribution is 2.12. The Morgan fingerprint density at radius 1 is 0.938 bits per heavy atom. The molecule has 0 aliphatic heterocycles. The fraction of sp³-hybridized carbons (Fsp3) is 0.923. The molecule has 3 heteroatoms. The smallest absolute Gasteiger partial charge is 0.225 e. The number of unbranched alkanes of at least 4 members (excludes halogenated alkanes) is 1. The van der Waals surface area contributed by atoms with Gasteiger partial charge in [-0.2, -0.15) is 0 Å². The average Bonchev–Trinajstić information content (AvgIpc) is 2.07. The maximum atomic E-state index is 11.5. The van der Waals surface area contributed by atoms with Crippen molar-refractivity contribution in [2.24, 2.45) is 5.41 Å². The number of nitrogens with one attached hydrogen (secondary N) is 2. The second-order valence-corrected chi connectivity index (χ2v) is 6.39. The Kier molecular flexibility index (Phi) is 6.01. The summed E-state index contributed by atoms with van der Waals surface area (Å²) in [5.74, 6) is 0.135. The summed E-state index contributed by atoms with van der Waals surface area (Å²) in [5.41, 5.74) is -0.0850. The highest BCUT2D eigenvalue weighted by molar-refractivity contribution is 5.81. The van der Waals surface area contributed by atoms with Crippen molar-refractivity contribution in [3.05, 3.63) is 0 Å². The van der Waals surface area contributed by atoms with Gasteiger partial charge in [-0.05, 0) is 40.2 Å². The van der Waals surface area contributed by atoms with Gasteiger partial charge in [-0.25, -0.2) is 0 Å². The minimum absolute atomic E-state index is 0.135. The van der Waals surface area contributed by atoms with E-state index >= 15 is 0 Å². The molecule has 3 nitrogen and oxygen atoms in total. The van der Waals surface area contributed by atoms with Crippen LogP contribution in [0, 0.1) is 5.41 Å². The van der Waals surface area contributed by atoms with Gasteiger partial charge in [-0.1, -0.05) is 20.8 Å². The first-order valence-corrected chi connectivity index (χ1v) is 6.16. The lowest BCUT2D eigenvalue weighted by molar-refractivity contribution is -0.128. The van der Waals surface area contributed by atoms with Crippen LogP contribution in [0.15, 0.2) is 0 Å². The summed E-state index contributed by atoms with van der Waals surface area (Å²) in [6, 6.07) is 0. The minimum atomic E-state index is -0.274. The zero-order chi connectivity index (χ0) is 12.8. The third-order valence-corrected chi connectivity index (χ3v) is 2.23. The maximum Gasteiger partial charge on any atom is 0.225 e. The number of carbonyl (C=O) groups is 1. The van der Waals surface area contributed by atoms with E-state index < -0.39 is 0 Å². The van der Waals surface area contributed by atoms with Crippen molar-refractivity contribution < 1.29 is 4.79 Å². The number of carbonyl (C=O) groups excluding carboxylic acids is 1. The summed E-state index contributed by atoms with van der Waals surface area (Å²) >= 11 is 0. The van der Waals surface area contributed by atoms with Crippen molar-refractivity contribution in [2.45, 2.75) is 59.9 Å². The van der Waals surface area contributed by atoms with Gasteiger partial charge >= 0.3 is 0 Å². The molecule has 2 N–H and O–H groups in total. The van der Waals surface area contributed by atoms with Gasteiger partial charge in [0.15, 0.2) is 0 Å². The molecule has 0 aliphatic rings. The SMILES string of the molecule is CC(C)(C)NCCCCNC(=O)C(C)(C)C. The molecule has 0 aliphatic carbocycles. The van der Waals surface area contributed by atoms with Gasteiger partial charge in [-0.3, -0.25) is 4.79 Å². The first-order valence-electron chi connectivity index (χ1n) is 6.16. The average molecular weight is 228 g/mol. The van der Waals surface area contributed by atoms with Gasteiger partial charge in [0.25, 0.3) is 0 Å². The van der Waals surface area contributed by atoms with E-state index in [0.29, 0.717) is 0 Å². The molecule has 0 atom stereocenters. The molecule has 0 fully saturated rings. The van der Waals surface area contributed by atoms with Crippen LogP contribution < -0.4 is 10.6 Å². The predicted molar refractivity (Wildman–Crippen MR) is 69.5 cm³/mol. The summed E-state index contributed by atoms with van der Waals surface area (Å²) in [6.45, 7) is 14.1. The third-order valence-electron chi connectivity index (χ3n) is 2.23.